The van der Waals surface area contributed by atoms with Crippen molar-refractivity contribution in [1.82, 2.24) is 9.97 Å². The Kier molecular flexibility index (Phi) is 3.42. The minimum Gasteiger partial charge on any atom is -0.355 e. The van der Waals surface area contributed by atoms with Crippen molar-refractivity contribution in [3.8, 4) is 6.07 Å². The second-order valence-corrected chi connectivity index (χ2v) is 4.54. The number of rotatable bonds is 3. The molecule has 0 radical (unpaired) electrons. The second-order valence-electron chi connectivity index (χ2n) is 4.54. The van der Waals surface area contributed by atoms with Gasteiger partial charge in [-0.2, -0.15) is 5.26 Å². The zero-order valence-corrected chi connectivity index (χ0v) is 10.9. The van der Waals surface area contributed by atoms with E-state index >= 15 is 0 Å². The number of hydrogen-bond acceptors (Lipinski definition) is 4. The summed E-state index contributed by atoms with van der Waals surface area (Å²) in [7, 11) is 1.96. The SMILES string of the molecule is Cc1ccc2ncnc(N(C)C(C)CC#N)c2c1. The van der Waals surface area contributed by atoms with E-state index < -0.39 is 0 Å². The molecule has 4 nitrogen and oxygen atoms in total. The third-order valence-corrected chi connectivity index (χ3v) is 3.15. The highest BCUT2D eigenvalue weighted by atomic mass is 15.2. The van der Waals surface area contributed by atoms with E-state index in [1.165, 1.54) is 5.56 Å². The molecule has 0 aliphatic heterocycles. The lowest BCUT2D eigenvalue weighted by Gasteiger charge is -2.25. The Hall–Kier alpha value is -2.15. The van der Waals surface area contributed by atoms with Gasteiger partial charge >= 0.3 is 0 Å². The quantitative estimate of drug-likeness (QED) is 0.827. The molecule has 0 amide bonds. The van der Waals surface area contributed by atoms with E-state index in [9.17, 15) is 0 Å². The van der Waals surface area contributed by atoms with Crippen molar-refractivity contribution < 1.29 is 0 Å². The molecule has 0 N–H and O–H groups in total. The van der Waals surface area contributed by atoms with Crippen LogP contribution >= 0.6 is 0 Å². The maximum absolute atomic E-state index is 8.78. The number of nitrogens with zero attached hydrogens (tertiary/aromatic N) is 4. The molecule has 0 saturated carbocycles. The molecule has 0 aliphatic rings. The van der Waals surface area contributed by atoms with Crippen LogP contribution in [-0.2, 0) is 0 Å². The molecule has 1 heterocycles. The van der Waals surface area contributed by atoms with Crippen LogP contribution in [0.25, 0.3) is 10.9 Å². The van der Waals surface area contributed by atoms with Gasteiger partial charge in [0, 0.05) is 18.5 Å². The van der Waals surface area contributed by atoms with Gasteiger partial charge in [0.25, 0.3) is 0 Å². The fraction of sp³-hybridized carbons (Fsp3) is 0.357. The Bertz CT molecular complexity index is 600. The van der Waals surface area contributed by atoms with Crippen LogP contribution in [0.15, 0.2) is 24.5 Å². The predicted octanol–water partition coefficient (Wildman–Crippen LogP) is 2.68. The zero-order valence-electron chi connectivity index (χ0n) is 10.9. The van der Waals surface area contributed by atoms with E-state index in [1.54, 1.807) is 6.33 Å². The molecular formula is C14H16N4. The topological polar surface area (TPSA) is 52.8 Å². The molecule has 18 heavy (non-hydrogen) atoms. The lowest BCUT2D eigenvalue weighted by molar-refractivity contribution is 0.696. The van der Waals surface area contributed by atoms with E-state index in [1.807, 2.05) is 31.0 Å². The highest BCUT2D eigenvalue weighted by Gasteiger charge is 2.14. The number of fused-ring (bicyclic) bond motifs is 1. The molecule has 1 aromatic heterocycles. The number of nitriles is 1. The van der Waals surface area contributed by atoms with Crippen LogP contribution in [0.4, 0.5) is 5.82 Å². The van der Waals surface area contributed by atoms with Gasteiger partial charge in [-0.25, -0.2) is 9.97 Å². The molecule has 0 bridgehead atoms. The molecule has 1 atom stereocenters. The van der Waals surface area contributed by atoms with Crippen LogP contribution in [0.5, 0.6) is 0 Å². The first-order valence-corrected chi connectivity index (χ1v) is 5.94. The van der Waals surface area contributed by atoms with Crippen molar-refractivity contribution >= 4 is 16.7 Å². The summed E-state index contributed by atoms with van der Waals surface area (Å²) in [5.41, 5.74) is 2.11. The van der Waals surface area contributed by atoms with Crippen molar-refractivity contribution in [3.05, 3.63) is 30.1 Å². The molecule has 2 aromatic rings. The summed E-state index contributed by atoms with van der Waals surface area (Å²) < 4.78 is 0. The van der Waals surface area contributed by atoms with Crippen LogP contribution in [0, 0.1) is 18.3 Å². The van der Waals surface area contributed by atoms with Crippen LogP contribution in [-0.4, -0.2) is 23.1 Å². The van der Waals surface area contributed by atoms with Gasteiger partial charge in [0.05, 0.1) is 18.0 Å². The molecule has 0 fully saturated rings. The van der Waals surface area contributed by atoms with Crippen LogP contribution in [0.2, 0.25) is 0 Å². The average Bonchev–Trinajstić information content (AvgIpc) is 2.37. The zero-order chi connectivity index (χ0) is 13.1. The van der Waals surface area contributed by atoms with Crippen molar-refractivity contribution in [2.75, 3.05) is 11.9 Å². The highest BCUT2D eigenvalue weighted by molar-refractivity contribution is 5.89. The molecule has 2 rings (SSSR count). The minimum atomic E-state index is 0.133. The standard InChI is InChI=1S/C14H16N4/c1-10-4-5-13-12(8-10)14(17-9-16-13)18(3)11(2)6-7-15/h4-5,8-9,11H,6H2,1-3H3. The summed E-state index contributed by atoms with van der Waals surface area (Å²) in [4.78, 5) is 10.7. The third kappa shape index (κ3) is 2.25. The first kappa shape index (κ1) is 12.3. The first-order valence-electron chi connectivity index (χ1n) is 5.94. The molecule has 4 heteroatoms. The van der Waals surface area contributed by atoms with Crippen LogP contribution < -0.4 is 4.90 Å². The first-order chi connectivity index (χ1) is 8.63. The highest BCUT2D eigenvalue weighted by Crippen LogP contribution is 2.24. The van der Waals surface area contributed by atoms with Gasteiger partial charge in [0.2, 0.25) is 0 Å². The van der Waals surface area contributed by atoms with E-state index in [0.29, 0.717) is 6.42 Å². The number of aromatic nitrogens is 2. The second kappa shape index (κ2) is 5.01. The van der Waals surface area contributed by atoms with Gasteiger partial charge in [0.1, 0.15) is 12.1 Å². The maximum atomic E-state index is 8.78. The normalized spacial score (nSPS) is 12.1. The Labute approximate surface area is 107 Å². The molecule has 0 saturated heterocycles. The van der Waals surface area contributed by atoms with E-state index in [0.717, 1.165) is 16.7 Å². The van der Waals surface area contributed by atoms with Crippen molar-refractivity contribution in [1.29, 1.82) is 5.26 Å². The molecule has 0 aliphatic carbocycles. The van der Waals surface area contributed by atoms with Gasteiger partial charge < -0.3 is 4.90 Å². The number of benzene rings is 1. The Morgan fingerprint density at radius 1 is 1.39 bits per heavy atom. The summed E-state index contributed by atoms with van der Waals surface area (Å²) in [5, 5.41) is 9.81. The summed E-state index contributed by atoms with van der Waals surface area (Å²) >= 11 is 0. The largest absolute Gasteiger partial charge is 0.355 e. The number of hydrogen-bond donors (Lipinski definition) is 0. The molecule has 0 spiro atoms. The monoisotopic (exact) mass is 240 g/mol. The van der Waals surface area contributed by atoms with Gasteiger partial charge in [0.15, 0.2) is 0 Å². The van der Waals surface area contributed by atoms with Gasteiger partial charge in [-0.15, -0.1) is 0 Å². The molecule has 1 aromatic carbocycles. The van der Waals surface area contributed by atoms with E-state index in [-0.39, 0.29) is 6.04 Å². The van der Waals surface area contributed by atoms with E-state index in [2.05, 4.69) is 29.0 Å². The van der Waals surface area contributed by atoms with Crippen LogP contribution in [0.1, 0.15) is 18.9 Å². The molecular weight excluding hydrogens is 224 g/mol. The van der Waals surface area contributed by atoms with Gasteiger partial charge in [-0.3, -0.25) is 0 Å². The predicted molar refractivity (Wildman–Crippen MR) is 72.4 cm³/mol. The van der Waals surface area contributed by atoms with Crippen molar-refractivity contribution in [3.63, 3.8) is 0 Å². The fourth-order valence-electron chi connectivity index (χ4n) is 1.92. The van der Waals surface area contributed by atoms with E-state index in [4.69, 9.17) is 5.26 Å². The van der Waals surface area contributed by atoms with Crippen molar-refractivity contribution in [2.45, 2.75) is 26.3 Å². The number of aryl methyl sites for hydroxylation is 1. The van der Waals surface area contributed by atoms with Gasteiger partial charge in [-0.05, 0) is 26.0 Å². The molecule has 1 unspecified atom stereocenters. The average molecular weight is 240 g/mol. The van der Waals surface area contributed by atoms with Gasteiger partial charge in [-0.1, -0.05) is 11.6 Å². The summed E-state index contributed by atoms with van der Waals surface area (Å²) in [6.45, 7) is 4.07. The van der Waals surface area contributed by atoms with Crippen LogP contribution in [0.3, 0.4) is 0 Å². The Morgan fingerprint density at radius 3 is 2.89 bits per heavy atom. The third-order valence-electron chi connectivity index (χ3n) is 3.15. The summed E-state index contributed by atoms with van der Waals surface area (Å²) in [6.07, 6.45) is 2.05. The smallest absolute Gasteiger partial charge is 0.139 e. The summed E-state index contributed by atoms with van der Waals surface area (Å²) in [5.74, 6) is 0.881. The Balaban J connectivity index is 2.50. The van der Waals surface area contributed by atoms with Crippen molar-refractivity contribution in [2.24, 2.45) is 0 Å². The summed E-state index contributed by atoms with van der Waals surface area (Å²) in [6, 6.07) is 8.45. The number of anilines is 1. The lowest BCUT2D eigenvalue weighted by Crippen LogP contribution is -2.29. The lowest BCUT2D eigenvalue weighted by atomic mass is 10.1. The Morgan fingerprint density at radius 2 is 2.17 bits per heavy atom. The fourth-order valence-corrected chi connectivity index (χ4v) is 1.92. The maximum Gasteiger partial charge on any atom is 0.139 e. The molecule has 92 valence electrons. The minimum absolute atomic E-state index is 0.133.